The van der Waals surface area contributed by atoms with Gasteiger partial charge in [-0.05, 0) is 23.7 Å². The second kappa shape index (κ2) is 2.78. The Morgan fingerprint density at radius 1 is 1.10 bits per heavy atom. The molecular weight excluding hydrogens is 256 g/mol. The molecule has 0 aromatic carbocycles. The molecule has 0 spiro atoms. The smallest absolute Gasteiger partial charge is 0.00963 e. The number of alkyl halides is 2. The van der Waals surface area contributed by atoms with Gasteiger partial charge in [0, 0.05) is 10.7 Å². The summed E-state index contributed by atoms with van der Waals surface area (Å²) in [5.74, 6) is 0. The summed E-state index contributed by atoms with van der Waals surface area (Å²) in [5.41, 5.74) is 1.17. The van der Waals surface area contributed by atoms with Crippen molar-refractivity contribution in [3.8, 4) is 0 Å². The third-order valence-corrected chi connectivity index (χ3v) is 4.65. The summed E-state index contributed by atoms with van der Waals surface area (Å²) in [6.45, 7) is 4.69. The first-order valence-electron chi connectivity index (χ1n) is 3.66. The first-order chi connectivity index (χ1) is 4.54. The highest BCUT2D eigenvalue weighted by Gasteiger charge is 2.47. The molecule has 0 unspecified atom stereocenters. The lowest BCUT2D eigenvalue weighted by molar-refractivity contribution is 0.0307. The second-order valence-corrected chi connectivity index (χ2v) is 5.41. The molecule has 0 atom stereocenters. The van der Waals surface area contributed by atoms with E-state index >= 15 is 0 Å². The van der Waals surface area contributed by atoms with E-state index in [1.54, 1.807) is 0 Å². The fourth-order valence-corrected chi connectivity index (χ4v) is 3.92. The average molecular weight is 270 g/mol. The molecule has 0 heterocycles. The Hall–Kier alpha value is 0.960. The van der Waals surface area contributed by atoms with Crippen LogP contribution in [0, 0.1) is 10.8 Å². The Morgan fingerprint density at radius 2 is 1.50 bits per heavy atom. The van der Waals surface area contributed by atoms with Gasteiger partial charge in [0.1, 0.15) is 0 Å². The van der Waals surface area contributed by atoms with Crippen LogP contribution < -0.4 is 0 Å². The molecule has 10 heavy (non-hydrogen) atoms. The minimum atomic E-state index is 0.573. The van der Waals surface area contributed by atoms with E-state index in [1.165, 1.54) is 12.8 Å². The van der Waals surface area contributed by atoms with Crippen LogP contribution >= 0.6 is 31.9 Å². The first kappa shape index (κ1) is 9.05. The molecule has 0 saturated heterocycles. The molecule has 0 aromatic rings. The molecule has 0 bridgehead atoms. The monoisotopic (exact) mass is 268 g/mol. The van der Waals surface area contributed by atoms with E-state index in [4.69, 9.17) is 0 Å². The van der Waals surface area contributed by atoms with Gasteiger partial charge < -0.3 is 0 Å². The molecule has 1 rings (SSSR count). The fraction of sp³-hybridized carbons (Fsp3) is 1.00. The minimum Gasteiger partial charge on any atom is -0.0922 e. The molecular formula is C8H14Br2. The summed E-state index contributed by atoms with van der Waals surface area (Å²) in [4.78, 5) is 0. The van der Waals surface area contributed by atoms with Crippen molar-refractivity contribution < 1.29 is 0 Å². The van der Waals surface area contributed by atoms with E-state index in [0.29, 0.717) is 10.8 Å². The fourth-order valence-electron chi connectivity index (χ4n) is 2.20. The zero-order valence-electron chi connectivity index (χ0n) is 6.58. The Labute approximate surface area is 80.0 Å². The molecule has 0 aliphatic heterocycles. The summed E-state index contributed by atoms with van der Waals surface area (Å²) in [5, 5.41) is 2.30. The molecule has 1 fully saturated rings. The van der Waals surface area contributed by atoms with E-state index in [0.717, 1.165) is 10.7 Å². The van der Waals surface area contributed by atoms with Crippen LogP contribution in [0.15, 0.2) is 0 Å². The standard InChI is InChI=1S/C8H14Br2/c1-7(2)3-8(4-7,5-9)6-10/h3-6H2,1-2H3. The molecule has 1 aliphatic rings. The van der Waals surface area contributed by atoms with Crippen LogP contribution in [0.5, 0.6) is 0 Å². The van der Waals surface area contributed by atoms with Gasteiger partial charge in [-0.1, -0.05) is 45.7 Å². The molecule has 1 aliphatic carbocycles. The number of rotatable bonds is 2. The normalized spacial score (nSPS) is 27.6. The predicted octanol–water partition coefficient (Wildman–Crippen LogP) is 3.58. The summed E-state index contributed by atoms with van der Waals surface area (Å²) >= 11 is 7.13. The lowest BCUT2D eigenvalue weighted by Gasteiger charge is -2.52. The number of hydrogen-bond acceptors (Lipinski definition) is 0. The zero-order chi connectivity index (χ0) is 7.83. The van der Waals surface area contributed by atoms with Gasteiger partial charge in [0.05, 0.1) is 0 Å². The highest BCUT2D eigenvalue weighted by atomic mass is 79.9. The van der Waals surface area contributed by atoms with Crippen molar-refractivity contribution in [3.63, 3.8) is 0 Å². The van der Waals surface area contributed by atoms with Gasteiger partial charge in [0.15, 0.2) is 0 Å². The van der Waals surface area contributed by atoms with Gasteiger partial charge in [-0.25, -0.2) is 0 Å². The highest BCUT2D eigenvalue weighted by Crippen LogP contribution is 2.55. The lowest BCUT2D eigenvalue weighted by atomic mass is 9.56. The number of halogens is 2. The minimum absolute atomic E-state index is 0.573. The molecule has 2 heteroatoms. The molecule has 0 radical (unpaired) electrons. The Bertz CT molecular complexity index is 115. The maximum absolute atomic E-state index is 3.57. The summed E-state index contributed by atoms with van der Waals surface area (Å²) in [6.07, 6.45) is 2.72. The van der Waals surface area contributed by atoms with Crippen LogP contribution in [0.2, 0.25) is 0 Å². The van der Waals surface area contributed by atoms with Crippen LogP contribution in [0.3, 0.4) is 0 Å². The topological polar surface area (TPSA) is 0 Å². The van der Waals surface area contributed by atoms with Crippen molar-refractivity contribution in [2.75, 3.05) is 10.7 Å². The van der Waals surface area contributed by atoms with E-state index in [9.17, 15) is 0 Å². The van der Waals surface area contributed by atoms with Crippen LogP contribution in [0.1, 0.15) is 26.7 Å². The van der Waals surface area contributed by atoms with Crippen molar-refractivity contribution in [1.29, 1.82) is 0 Å². The molecule has 0 amide bonds. The molecule has 0 N–H and O–H groups in total. The third-order valence-electron chi connectivity index (χ3n) is 2.27. The van der Waals surface area contributed by atoms with E-state index in [2.05, 4.69) is 45.7 Å². The van der Waals surface area contributed by atoms with Crippen LogP contribution in [0.4, 0.5) is 0 Å². The van der Waals surface area contributed by atoms with Crippen molar-refractivity contribution >= 4 is 31.9 Å². The molecule has 60 valence electrons. The van der Waals surface area contributed by atoms with Gasteiger partial charge in [0.2, 0.25) is 0 Å². The van der Waals surface area contributed by atoms with Gasteiger partial charge in [-0.3, -0.25) is 0 Å². The van der Waals surface area contributed by atoms with Crippen molar-refractivity contribution in [3.05, 3.63) is 0 Å². The highest BCUT2D eigenvalue weighted by molar-refractivity contribution is 9.09. The summed E-state index contributed by atoms with van der Waals surface area (Å²) < 4.78 is 0. The number of hydrogen-bond donors (Lipinski definition) is 0. The first-order valence-corrected chi connectivity index (χ1v) is 5.90. The maximum Gasteiger partial charge on any atom is 0.00963 e. The van der Waals surface area contributed by atoms with Gasteiger partial charge in [-0.15, -0.1) is 0 Å². The largest absolute Gasteiger partial charge is 0.0922 e. The quantitative estimate of drug-likeness (QED) is 0.673. The third kappa shape index (κ3) is 1.58. The molecule has 0 nitrogen and oxygen atoms in total. The predicted molar refractivity (Wildman–Crippen MR) is 53.0 cm³/mol. The lowest BCUT2D eigenvalue weighted by Crippen LogP contribution is -2.45. The van der Waals surface area contributed by atoms with Crippen molar-refractivity contribution in [2.45, 2.75) is 26.7 Å². The Balaban J connectivity index is 2.46. The van der Waals surface area contributed by atoms with Crippen LogP contribution in [-0.2, 0) is 0 Å². The van der Waals surface area contributed by atoms with Crippen molar-refractivity contribution in [2.24, 2.45) is 10.8 Å². The maximum atomic E-state index is 3.57. The SMILES string of the molecule is CC1(C)CC(CBr)(CBr)C1. The Morgan fingerprint density at radius 3 is 1.60 bits per heavy atom. The summed E-state index contributed by atoms with van der Waals surface area (Å²) in [6, 6.07) is 0. The second-order valence-electron chi connectivity index (χ2n) is 4.29. The zero-order valence-corrected chi connectivity index (χ0v) is 9.76. The van der Waals surface area contributed by atoms with E-state index in [1.807, 2.05) is 0 Å². The summed E-state index contributed by atoms with van der Waals surface area (Å²) in [7, 11) is 0. The Kier molecular flexibility index (Phi) is 2.52. The van der Waals surface area contributed by atoms with Gasteiger partial charge in [-0.2, -0.15) is 0 Å². The van der Waals surface area contributed by atoms with Gasteiger partial charge in [0.25, 0.3) is 0 Å². The molecule has 1 saturated carbocycles. The van der Waals surface area contributed by atoms with Crippen molar-refractivity contribution in [1.82, 2.24) is 0 Å². The van der Waals surface area contributed by atoms with E-state index in [-0.39, 0.29) is 0 Å². The van der Waals surface area contributed by atoms with E-state index < -0.39 is 0 Å². The van der Waals surface area contributed by atoms with Crippen LogP contribution in [0.25, 0.3) is 0 Å². The van der Waals surface area contributed by atoms with Gasteiger partial charge >= 0.3 is 0 Å². The average Bonchev–Trinajstić information content (AvgIpc) is 1.82. The van der Waals surface area contributed by atoms with Crippen LogP contribution in [-0.4, -0.2) is 10.7 Å². The molecule has 0 aromatic heterocycles.